The highest BCUT2D eigenvalue weighted by molar-refractivity contribution is 6.11. The maximum Gasteiger partial charge on any atom is 0.164 e. The van der Waals surface area contributed by atoms with Crippen LogP contribution in [0.15, 0.2) is 212 Å². The second-order valence-electron chi connectivity index (χ2n) is 16.7. The lowest BCUT2D eigenvalue weighted by Crippen LogP contribution is -2.00. The first-order chi connectivity index (χ1) is 31.5. The average molecular weight is 820 g/mol. The Morgan fingerprint density at radius 1 is 0.266 bits per heavy atom. The van der Waals surface area contributed by atoms with E-state index in [2.05, 4.69) is 235 Å². The van der Waals surface area contributed by atoms with Gasteiger partial charge in [0, 0.05) is 49.6 Å². The van der Waals surface area contributed by atoms with E-state index in [0.717, 1.165) is 55.8 Å². The van der Waals surface area contributed by atoms with Crippen molar-refractivity contribution >= 4 is 43.6 Å². The number of rotatable bonds is 7. The molecule has 0 saturated heterocycles. The van der Waals surface area contributed by atoms with Gasteiger partial charge in [0.15, 0.2) is 17.5 Å². The van der Waals surface area contributed by atoms with Crippen LogP contribution in [0.1, 0.15) is 11.1 Å². The Balaban J connectivity index is 0.945. The Bertz CT molecular complexity index is 3680. The summed E-state index contributed by atoms with van der Waals surface area (Å²) >= 11 is 0. The van der Waals surface area contributed by atoms with Crippen molar-refractivity contribution in [3.63, 3.8) is 0 Å². The van der Waals surface area contributed by atoms with Crippen LogP contribution in [-0.2, 0) is 0 Å². The molecule has 9 aromatic carbocycles. The maximum absolute atomic E-state index is 5.07. The van der Waals surface area contributed by atoms with Crippen LogP contribution in [0.5, 0.6) is 0 Å². The molecular formula is C59H41N5. The first kappa shape index (κ1) is 37.4. The van der Waals surface area contributed by atoms with E-state index < -0.39 is 0 Å². The third-order valence-electron chi connectivity index (χ3n) is 12.5. The molecule has 0 spiro atoms. The summed E-state index contributed by atoms with van der Waals surface area (Å²) in [7, 11) is 0. The lowest BCUT2D eigenvalue weighted by atomic mass is 10.0. The van der Waals surface area contributed by atoms with Crippen molar-refractivity contribution in [2.75, 3.05) is 0 Å². The Kier molecular flexibility index (Phi) is 8.87. The van der Waals surface area contributed by atoms with Gasteiger partial charge in [-0.1, -0.05) is 157 Å². The van der Waals surface area contributed by atoms with Crippen molar-refractivity contribution in [2.24, 2.45) is 0 Å². The second-order valence-corrected chi connectivity index (χ2v) is 16.7. The zero-order valence-electron chi connectivity index (χ0n) is 35.4. The van der Waals surface area contributed by atoms with E-state index in [1.54, 1.807) is 0 Å². The average Bonchev–Trinajstić information content (AvgIpc) is 3.86. The van der Waals surface area contributed by atoms with E-state index in [4.69, 9.17) is 15.0 Å². The van der Waals surface area contributed by atoms with E-state index in [0.29, 0.717) is 17.5 Å². The van der Waals surface area contributed by atoms with Gasteiger partial charge < -0.3 is 9.13 Å². The fourth-order valence-electron chi connectivity index (χ4n) is 9.41. The Hall–Kier alpha value is -8.41. The molecule has 0 aliphatic carbocycles. The topological polar surface area (TPSA) is 48.5 Å². The number of hydrogen-bond donors (Lipinski definition) is 0. The molecule has 5 heteroatoms. The summed E-state index contributed by atoms with van der Waals surface area (Å²) in [5.74, 6) is 1.95. The molecule has 12 aromatic rings. The van der Waals surface area contributed by atoms with Crippen molar-refractivity contribution < 1.29 is 0 Å². The van der Waals surface area contributed by atoms with Crippen LogP contribution < -0.4 is 0 Å². The largest absolute Gasteiger partial charge is 0.309 e. The zero-order valence-corrected chi connectivity index (χ0v) is 35.4. The summed E-state index contributed by atoms with van der Waals surface area (Å²) in [5.41, 5.74) is 16.7. The first-order valence-corrected chi connectivity index (χ1v) is 21.8. The van der Waals surface area contributed by atoms with Gasteiger partial charge >= 0.3 is 0 Å². The summed E-state index contributed by atoms with van der Waals surface area (Å²) in [6.07, 6.45) is 0. The fourth-order valence-corrected chi connectivity index (χ4v) is 9.41. The number of nitrogens with zero attached hydrogens (tertiary/aromatic N) is 5. The predicted molar refractivity (Wildman–Crippen MR) is 265 cm³/mol. The van der Waals surface area contributed by atoms with Crippen LogP contribution in [0.25, 0.3) is 111 Å². The Morgan fingerprint density at radius 3 is 1.19 bits per heavy atom. The molecule has 0 amide bonds. The van der Waals surface area contributed by atoms with Crippen molar-refractivity contribution in [1.29, 1.82) is 0 Å². The molecule has 0 unspecified atom stereocenters. The minimum absolute atomic E-state index is 0.640. The van der Waals surface area contributed by atoms with Gasteiger partial charge in [-0.15, -0.1) is 0 Å². The molecule has 0 bridgehead atoms. The second kappa shape index (κ2) is 15.2. The number of fused-ring (bicyclic) bond motifs is 6. The smallest absolute Gasteiger partial charge is 0.164 e. The van der Waals surface area contributed by atoms with E-state index in [1.165, 1.54) is 49.2 Å². The minimum atomic E-state index is 0.640. The SMILES string of the molecule is Cc1cccc(-c2nc(-c3cccc(C)c3)nc(-c3cccc(-c4ccc5c6ccccc6n(-c6ccc(-c7ccc8c9ccccc9n(-c9ccccc9)c8c7)cc6)c5c4)c3)n2)c1. The van der Waals surface area contributed by atoms with Crippen LogP contribution in [0.4, 0.5) is 0 Å². The van der Waals surface area contributed by atoms with Gasteiger partial charge in [-0.05, 0) is 103 Å². The molecule has 302 valence electrons. The van der Waals surface area contributed by atoms with Gasteiger partial charge in [-0.25, -0.2) is 15.0 Å². The highest BCUT2D eigenvalue weighted by Crippen LogP contribution is 2.38. The molecule has 0 saturated carbocycles. The van der Waals surface area contributed by atoms with Crippen LogP contribution in [0.2, 0.25) is 0 Å². The van der Waals surface area contributed by atoms with Crippen molar-refractivity contribution in [1.82, 2.24) is 24.1 Å². The number of para-hydroxylation sites is 3. The molecule has 5 nitrogen and oxygen atoms in total. The van der Waals surface area contributed by atoms with Crippen LogP contribution in [0.3, 0.4) is 0 Å². The monoisotopic (exact) mass is 819 g/mol. The number of aryl methyl sites for hydroxylation is 2. The van der Waals surface area contributed by atoms with Gasteiger partial charge in [-0.3, -0.25) is 0 Å². The minimum Gasteiger partial charge on any atom is -0.309 e. The number of benzene rings is 9. The molecule has 0 aliphatic rings. The third-order valence-corrected chi connectivity index (χ3v) is 12.5. The lowest BCUT2D eigenvalue weighted by Gasteiger charge is -2.12. The molecule has 0 aliphatic heterocycles. The Labute approximate surface area is 371 Å². The summed E-state index contributed by atoms with van der Waals surface area (Å²) in [5, 5.41) is 4.94. The van der Waals surface area contributed by atoms with Crippen LogP contribution >= 0.6 is 0 Å². The summed E-state index contributed by atoms with van der Waals surface area (Å²) in [6.45, 7) is 4.19. The van der Waals surface area contributed by atoms with E-state index in [9.17, 15) is 0 Å². The molecular weight excluding hydrogens is 779 g/mol. The zero-order chi connectivity index (χ0) is 42.7. The molecule has 3 aromatic heterocycles. The van der Waals surface area contributed by atoms with E-state index in [1.807, 2.05) is 0 Å². The molecule has 12 rings (SSSR count). The van der Waals surface area contributed by atoms with Crippen molar-refractivity contribution in [3.8, 4) is 67.8 Å². The highest BCUT2D eigenvalue weighted by Gasteiger charge is 2.17. The third kappa shape index (κ3) is 6.45. The highest BCUT2D eigenvalue weighted by atomic mass is 15.0. The van der Waals surface area contributed by atoms with Gasteiger partial charge in [0.05, 0.1) is 22.1 Å². The number of hydrogen-bond acceptors (Lipinski definition) is 3. The van der Waals surface area contributed by atoms with Gasteiger partial charge in [0.1, 0.15) is 0 Å². The molecule has 0 atom stereocenters. The fraction of sp³-hybridized carbons (Fsp3) is 0.0339. The maximum atomic E-state index is 5.07. The quantitative estimate of drug-likeness (QED) is 0.161. The molecule has 0 N–H and O–H groups in total. The van der Waals surface area contributed by atoms with Gasteiger partial charge in [-0.2, -0.15) is 0 Å². The summed E-state index contributed by atoms with van der Waals surface area (Å²) in [6, 6.07) is 76.0. The molecule has 0 radical (unpaired) electrons. The van der Waals surface area contributed by atoms with Crippen molar-refractivity contribution in [3.05, 3.63) is 223 Å². The normalized spacial score (nSPS) is 11.6. The van der Waals surface area contributed by atoms with Crippen LogP contribution in [-0.4, -0.2) is 24.1 Å². The lowest BCUT2D eigenvalue weighted by molar-refractivity contribution is 1.07. The van der Waals surface area contributed by atoms with Gasteiger partial charge in [0.25, 0.3) is 0 Å². The molecule has 0 fully saturated rings. The van der Waals surface area contributed by atoms with Crippen molar-refractivity contribution in [2.45, 2.75) is 13.8 Å². The van der Waals surface area contributed by atoms with E-state index >= 15 is 0 Å². The van der Waals surface area contributed by atoms with E-state index in [-0.39, 0.29) is 0 Å². The number of aromatic nitrogens is 5. The van der Waals surface area contributed by atoms with Crippen LogP contribution in [0, 0.1) is 13.8 Å². The Morgan fingerprint density at radius 2 is 0.656 bits per heavy atom. The van der Waals surface area contributed by atoms with Gasteiger partial charge in [0.2, 0.25) is 0 Å². The molecule has 64 heavy (non-hydrogen) atoms. The standard InChI is InChI=1S/C59H41N5/c1-38-13-10-16-44(33-38)57-60-58(45-17-11-14-39(2)34-45)62-59(61-57)46-18-12-15-41(35-46)43-28-32-52-50-22-7-9-24-54(50)64(56(52)37-43)48-29-25-40(26-30-48)42-27-31-51-49-21-6-8-23-53(49)63(55(51)36-42)47-19-4-3-5-20-47/h3-37H,1-2H3. The summed E-state index contributed by atoms with van der Waals surface area (Å²) < 4.78 is 4.77. The summed E-state index contributed by atoms with van der Waals surface area (Å²) in [4.78, 5) is 15.1. The predicted octanol–water partition coefficient (Wildman–Crippen LogP) is 15.0. The molecule has 3 heterocycles. The first-order valence-electron chi connectivity index (χ1n) is 21.8.